The number of hydrogen-bond donors (Lipinski definition) is 2. The lowest BCUT2D eigenvalue weighted by molar-refractivity contribution is -0.134. The van der Waals surface area contributed by atoms with Gasteiger partial charge in [-0.15, -0.1) is 0 Å². The van der Waals surface area contributed by atoms with Gasteiger partial charge in [0.15, 0.2) is 0 Å². The molecule has 0 aliphatic rings. The molecule has 0 saturated carbocycles. The maximum absolute atomic E-state index is 13.6. The average Bonchev–Trinajstić information content (AvgIpc) is 3.24. The first-order valence-electron chi connectivity index (χ1n) is 14.2. The van der Waals surface area contributed by atoms with Crippen molar-refractivity contribution >= 4 is 29.3 Å². The number of rotatable bonds is 7. The highest BCUT2D eigenvalue weighted by Gasteiger charge is 2.22. The molecule has 0 spiro atoms. The predicted molar refractivity (Wildman–Crippen MR) is 173 cm³/mol. The van der Waals surface area contributed by atoms with Crippen LogP contribution in [0, 0.1) is 25.2 Å². The Balaban J connectivity index is 0.00000113. The normalized spacial score (nSPS) is 10.9. The summed E-state index contributed by atoms with van der Waals surface area (Å²) in [6.07, 6.45) is 3.55. The third-order valence-electron chi connectivity index (χ3n) is 7.04. The smallest absolute Gasteiger partial charge is 0.300 e. The van der Waals surface area contributed by atoms with E-state index in [9.17, 15) is 19.6 Å². The van der Waals surface area contributed by atoms with Gasteiger partial charge in [0.25, 0.3) is 23.0 Å². The molecule has 0 unspecified atom stereocenters. The zero-order chi connectivity index (χ0) is 33.5. The number of anilines is 1. The number of carboxylic acids is 1. The maximum Gasteiger partial charge on any atom is 0.300 e. The topological polar surface area (TPSA) is 161 Å². The van der Waals surface area contributed by atoms with Crippen molar-refractivity contribution in [1.82, 2.24) is 18.7 Å². The van der Waals surface area contributed by atoms with Gasteiger partial charge < -0.3 is 15.2 Å². The van der Waals surface area contributed by atoms with Crippen molar-refractivity contribution in [3.63, 3.8) is 0 Å². The van der Waals surface area contributed by atoms with Crippen LogP contribution in [0.4, 0.5) is 5.69 Å². The van der Waals surface area contributed by atoms with Crippen LogP contribution in [0.2, 0.25) is 0 Å². The molecule has 2 aromatic carbocycles. The van der Waals surface area contributed by atoms with E-state index in [0.29, 0.717) is 22.8 Å². The minimum Gasteiger partial charge on any atom is -0.481 e. The molecule has 3 heterocycles. The van der Waals surface area contributed by atoms with E-state index in [-0.39, 0.29) is 17.1 Å². The summed E-state index contributed by atoms with van der Waals surface area (Å²) in [5, 5.41) is 20.0. The number of aromatic nitrogens is 4. The number of amides is 1. The van der Waals surface area contributed by atoms with Gasteiger partial charge in [0.2, 0.25) is 5.88 Å². The first kappa shape index (κ1) is 32.7. The number of para-hydroxylation sites is 1. The minimum absolute atomic E-state index is 0.0176. The second-order valence-corrected chi connectivity index (χ2v) is 10.2. The van der Waals surface area contributed by atoms with Crippen LogP contribution >= 0.6 is 0 Å². The standard InChI is InChI=1S/C32H28N6O4.C2H4O2/c1-5-22-13-15-25(16-14-22)42-30-26(31(40)37-17-9-10-20(2)28(37)35-30)18-23(19-33)29(39)34-27-21(3)36(4)38(32(27)41)24-11-7-6-8-12-24;1-2(3)4/h6-18H,5H2,1-4H3,(H,34,39);1H3,(H,3,4)/b23-18+;. The number of aliphatic carboxylic acids is 1. The predicted octanol–water partition coefficient (Wildman–Crippen LogP) is 4.79. The number of pyridine rings is 1. The molecular weight excluding hydrogens is 588 g/mol. The van der Waals surface area contributed by atoms with Gasteiger partial charge in [0, 0.05) is 20.2 Å². The molecule has 0 aliphatic heterocycles. The summed E-state index contributed by atoms with van der Waals surface area (Å²) >= 11 is 0. The van der Waals surface area contributed by atoms with Crippen LogP contribution in [0.5, 0.6) is 11.6 Å². The zero-order valence-corrected chi connectivity index (χ0v) is 25.9. The first-order valence-corrected chi connectivity index (χ1v) is 14.2. The SMILES string of the molecule is CC(=O)O.CCc1ccc(Oc2nc3c(C)cccn3c(=O)c2/C=C(\C#N)C(=O)Nc2c(C)n(C)n(-c3ccccc3)c2=O)cc1. The van der Waals surface area contributed by atoms with Gasteiger partial charge in [-0.3, -0.25) is 28.3 Å². The Morgan fingerprint density at radius 1 is 1.02 bits per heavy atom. The Labute approximate surface area is 264 Å². The van der Waals surface area contributed by atoms with Crippen molar-refractivity contribution in [1.29, 1.82) is 5.26 Å². The summed E-state index contributed by atoms with van der Waals surface area (Å²) in [4.78, 5) is 53.9. The van der Waals surface area contributed by atoms with Crippen LogP contribution in [-0.2, 0) is 23.1 Å². The van der Waals surface area contributed by atoms with Crippen LogP contribution < -0.4 is 21.2 Å². The van der Waals surface area contributed by atoms with Crippen molar-refractivity contribution < 1.29 is 19.4 Å². The third-order valence-corrected chi connectivity index (χ3v) is 7.04. The van der Waals surface area contributed by atoms with Gasteiger partial charge in [0.1, 0.15) is 34.3 Å². The third kappa shape index (κ3) is 6.95. The largest absolute Gasteiger partial charge is 0.481 e. The van der Waals surface area contributed by atoms with Gasteiger partial charge in [0.05, 0.1) is 11.4 Å². The molecule has 0 fully saturated rings. The number of carboxylic acid groups (broad SMARTS) is 1. The number of ether oxygens (including phenoxy) is 1. The second kappa shape index (κ2) is 14.0. The monoisotopic (exact) mass is 620 g/mol. The molecule has 3 aromatic heterocycles. The number of hydrogen-bond acceptors (Lipinski definition) is 7. The van der Waals surface area contributed by atoms with Gasteiger partial charge in [-0.2, -0.15) is 10.2 Å². The Morgan fingerprint density at radius 3 is 2.28 bits per heavy atom. The average molecular weight is 621 g/mol. The quantitative estimate of drug-likeness (QED) is 0.194. The van der Waals surface area contributed by atoms with Gasteiger partial charge in [-0.05, 0) is 67.8 Å². The number of fused-ring (bicyclic) bond motifs is 1. The van der Waals surface area contributed by atoms with Crippen LogP contribution in [0.1, 0.15) is 36.2 Å². The summed E-state index contributed by atoms with van der Waals surface area (Å²) in [6.45, 7) is 6.62. The number of benzene rings is 2. The van der Waals surface area contributed by atoms with Crippen molar-refractivity contribution in [2.24, 2.45) is 7.05 Å². The molecule has 1 amide bonds. The van der Waals surface area contributed by atoms with E-state index in [1.54, 1.807) is 67.3 Å². The highest BCUT2D eigenvalue weighted by Crippen LogP contribution is 2.25. The van der Waals surface area contributed by atoms with Crippen LogP contribution in [0.3, 0.4) is 0 Å². The van der Waals surface area contributed by atoms with E-state index in [2.05, 4.69) is 10.3 Å². The molecule has 0 aliphatic carbocycles. The summed E-state index contributed by atoms with van der Waals surface area (Å²) < 4.78 is 10.4. The number of carbonyl (C=O) groups is 2. The molecule has 5 aromatic rings. The molecule has 46 heavy (non-hydrogen) atoms. The molecule has 0 bridgehead atoms. The lowest BCUT2D eigenvalue weighted by atomic mass is 10.1. The number of aryl methyl sites for hydroxylation is 2. The van der Waals surface area contributed by atoms with Gasteiger partial charge >= 0.3 is 0 Å². The molecular formula is C34H32N6O6. The Kier molecular flexibility index (Phi) is 9.98. The second-order valence-electron chi connectivity index (χ2n) is 10.2. The molecule has 0 radical (unpaired) electrons. The molecule has 5 rings (SSSR count). The van der Waals surface area contributed by atoms with E-state index in [1.807, 2.05) is 44.2 Å². The molecule has 12 heteroatoms. The lowest BCUT2D eigenvalue weighted by Gasteiger charge is -2.12. The van der Waals surface area contributed by atoms with E-state index in [1.165, 1.54) is 9.08 Å². The van der Waals surface area contributed by atoms with E-state index in [4.69, 9.17) is 14.6 Å². The molecule has 0 atom stereocenters. The summed E-state index contributed by atoms with van der Waals surface area (Å²) in [5.41, 5.74) is 1.87. The highest BCUT2D eigenvalue weighted by atomic mass is 16.5. The Morgan fingerprint density at radius 2 is 1.67 bits per heavy atom. The lowest BCUT2D eigenvalue weighted by Crippen LogP contribution is -2.24. The Hall–Kier alpha value is -6.22. The summed E-state index contributed by atoms with van der Waals surface area (Å²) in [6, 6.07) is 21.7. The molecule has 12 nitrogen and oxygen atoms in total. The van der Waals surface area contributed by atoms with E-state index in [0.717, 1.165) is 30.5 Å². The van der Waals surface area contributed by atoms with Crippen LogP contribution in [0.25, 0.3) is 17.4 Å². The number of nitrogens with one attached hydrogen (secondary N) is 1. The van der Waals surface area contributed by atoms with Crippen LogP contribution in [0.15, 0.2) is 88.1 Å². The number of carbonyl (C=O) groups excluding carboxylic acids is 1. The Bertz CT molecular complexity index is 2110. The first-order chi connectivity index (χ1) is 22.0. The fraction of sp³-hybridized carbons (Fsp3) is 0.176. The van der Waals surface area contributed by atoms with E-state index >= 15 is 0 Å². The zero-order valence-electron chi connectivity index (χ0n) is 25.9. The van der Waals surface area contributed by atoms with Crippen molar-refractivity contribution in [3.8, 4) is 23.4 Å². The highest BCUT2D eigenvalue weighted by molar-refractivity contribution is 6.10. The fourth-order valence-corrected chi connectivity index (χ4v) is 4.58. The summed E-state index contributed by atoms with van der Waals surface area (Å²) in [5.74, 6) is -1.30. The van der Waals surface area contributed by atoms with Crippen molar-refractivity contribution in [2.45, 2.75) is 34.1 Å². The van der Waals surface area contributed by atoms with Crippen LogP contribution in [-0.4, -0.2) is 35.7 Å². The molecule has 234 valence electrons. The molecule has 2 N–H and O–H groups in total. The van der Waals surface area contributed by atoms with E-state index < -0.39 is 28.6 Å². The summed E-state index contributed by atoms with van der Waals surface area (Å²) in [7, 11) is 1.70. The van der Waals surface area contributed by atoms with Gasteiger partial charge in [-0.25, -0.2) is 4.68 Å². The number of nitrogens with zero attached hydrogens (tertiary/aromatic N) is 5. The fourth-order valence-electron chi connectivity index (χ4n) is 4.58. The minimum atomic E-state index is -0.851. The maximum atomic E-state index is 13.6. The van der Waals surface area contributed by atoms with Crippen molar-refractivity contribution in [2.75, 3.05) is 5.32 Å². The number of nitriles is 1. The molecule has 0 saturated heterocycles. The van der Waals surface area contributed by atoms with Gasteiger partial charge in [-0.1, -0.05) is 43.3 Å². The van der Waals surface area contributed by atoms with Crippen molar-refractivity contribution in [3.05, 3.63) is 122 Å².